The smallest absolute Gasteiger partial charge is 0.350 e. The topological polar surface area (TPSA) is 72.1 Å². The third-order valence-electron chi connectivity index (χ3n) is 5.72. The molecule has 0 atom stereocenters. The molecule has 0 amide bonds. The quantitative estimate of drug-likeness (QED) is 0.346. The molecule has 0 spiro atoms. The van der Waals surface area contributed by atoms with Crippen LogP contribution in [-0.4, -0.2) is 36.3 Å². The number of hydrogen-bond donors (Lipinski definition) is 0. The minimum absolute atomic E-state index is 0.0868. The van der Waals surface area contributed by atoms with Crippen LogP contribution in [0.1, 0.15) is 28.2 Å². The molecule has 0 unspecified atom stereocenters. The standard InChI is InChI=1S/C21H17F4N7/c1-11-12(2)19(30-32-18(11)28-29-20(32)21(23,24)25)31-6-5-16-15(10-31)7-14(9-26-16)13-3-4-17(22)27-8-13/h3-4,7-9H,5-6,10H2,1-2H3. The van der Waals surface area contributed by atoms with E-state index in [1.165, 1.54) is 12.3 Å². The van der Waals surface area contributed by atoms with E-state index < -0.39 is 17.9 Å². The summed E-state index contributed by atoms with van der Waals surface area (Å²) in [4.78, 5) is 10.1. The maximum absolute atomic E-state index is 13.4. The van der Waals surface area contributed by atoms with Gasteiger partial charge in [0.05, 0.1) is 0 Å². The minimum Gasteiger partial charge on any atom is -0.350 e. The second-order valence-electron chi connectivity index (χ2n) is 7.70. The largest absolute Gasteiger partial charge is 0.453 e. The lowest BCUT2D eigenvalue weighted by Crippen LogP contribution is -2.33. The number of aromatic nitrogens is 6. The van der Waals surface area contributed by atoms with Crippen molar-refractivity contribution in [1.29, 1.82) is 0 Å². The lowest BCUT2D eigenvalue weighted by Gasteiger charge is -2.31. The van der Waals surface area contributed by atoms with Crippen LogP contribution < -0.4 is 4.90 Å². The normalized spacial score (nSPS) is 14.1. The van der Waals surface area contributed by atoms with Crippen molar-refractivity contribution in [1.82, 2.24) is 29.8 Å². The first-order chi connectivity index (χ1) is 15.2. The van der Waals surface area contributed by atoms with Gasteiger partial charge >= 0.3 is 6.18 Å². The predicted octanol–water partition coefficient (Wildman–Crippen LogP) is 3.92. The number of hydrogen-bond acceptors (Lipinski definition) is 6. The number of anilines is 1. The van der Waals surface area contributed by atoms with E-state index in [4.69, 9.17) is 0 Å². The van der Waals surface area contributed by atoms with Crippen LogP contribution in [0.25, 0.3) is 16.8 Å². The summed E-state index contributed by atoms with van der Waals surface area (Å²) < 4.78 is 54.0. The highest BCUT2D eigenvalue weighted by molar-refractivity contribution is 5.64. The summed E-state index contributed by atoms with van der Waals surface area (Å²) in [6, 6.07) is 4.85. The molecule has 4 aromatic heterocycles. The third kappa shape index (κ3) is 3.33. The zero-order valence-corrected chi connectivity index (χ0v) is 17.2. The Balaban J connectivity index is 1.54. The maximum Gasteiger partial charge on any atom is 0.453 e. The van der Waals surface area contributed by atoms with Gasteiger partial charge in [0.2, 0.25) is 5.95 Å². The van der Waals surface area contributed by atoms with Crippen LogP contribution in [0.15, 0.2) is 30.6 Å². The summed E-state index contributed by atoms with van der Waals surface area (Å²) in [7, 11) is 0. The van der Waals surface area contributed by atoms with E-state index in [0.717, 1.165) is 32.5 Å². The Hall–Kier alpha value is -3.63. The third-order valence-corrected chi connectivity index (χ3v) is 5.72. The van der Waals surface area contributed by atoms with Crippen molar-refractivity contribution >= 4 is 11.5 Å². The number of pyridine rings is 2. The molecule has 5 rings (SSSR count). The Labute approximate surface area is 179 Å². The Bertz CT molecular complexity index is 1330. The molecule has 164 valence electrons. The molecule has 0 radical (unpaired) electrons. The van der Waals surface area contributed by atoms with E-state index in [1.54, 1.807) is 19.2 Å². The monoisotopic (exact) mass is 443 g/mol. The van der Waals surface area contributed by atoms with Crippen LogP contribution in [0, 0.1) is 19.8 Å². The summed E-state index contributed by atoms with van der Waals surface area (Å²) in [5, 5.41) is 11.3. The Morgan fingerprint density at radius 1 is 0.969 bits per heavy atom. The molecular formula is C21H17F4N7. The number of halogens is 4. The van der Waals surface area contributed by atoms with Crippen molar-refractivity contribution in [3.8, 4) is 11.1 Å². The average molecular weight is 443 g/mol. The van der Waals surface area contributed by atoms with Gasteiger partial charge < -0.3 is 4.90 Å². The molecule has 4 aromatic rings. The number of fused-ring (bicyclic) bond motifs is 2. The number of alkyl halides is 3. The van der Waals surface area contributed by atoms with E-state index in [1.807, 2.05) is 17.9 Å². The summed E-state index contributed by atoms with van der Waals surface area (Å²) in [5.74, 6) is -1.27. The van der Waals surface area contributed by atoms with Gasteiger partial charge in [-0.2, -0.15) is 22.1 Å². The average Bonchev–Trinajstić information content (AvgIpc) is 3.21. The fraction of sp³-hybridized carbons (Fsp3) is 0.286. The molecule has 0 aliphatic carbocycles. The van der Waals surface area contributed by atoms with Crippen LogP contribution >= 0.6 is 0 Å². The van der Waals surface area contributed by atoms with Crippen LogP contribution in [-0.2, 0) is 19.1 Å². The number of aryl methyl sites for hydroxylation is 1. The fourth-order valence-electron chi connectivity index (χ4n) is 3.90. The van der Waals surface area contributed by atoms with Crippen molar-refractivity contribution < 1.29 is 17.6 Å². The fourth-order valence-corrected chi connectivity index (χ4v) is 3.90. The van der Waals surface area contributed by atoms with Crippen LogP contribution in [0.3, 0.4) is 0 Å². The predicted molar refractivity (Wildman–Crippen MR) is 107 cm³/mol. The zero-order valence-electron chi connectivity index (χ0n) is 17.2. The van der Waals surface area contributed by atoms with Gasteiger partial charge in [-0.05, 0) is 37.6 Å². The second-order valence-corrected chi connectivity index (χ2v) is 7.70. The van der Waals surface area contributed by atoms with E-state index >= 15 is 0 Å². The molecule has 0 fully saturated rings. The molecule has 1 aliphatic rings. The lowest BCUT2D eigenvalue weighted by atomic mass is 10.0. The molecule has 5 heterocycles. The van der Waals surface area contributed by atoms with E-state index in [0.29, 0.717) is 30.9 Å². The van der Waals surface area contributed by atoms with Gasteiger partial charge in [-0.25, -0.2) is 4.98 Å². The highest BCUT2D eigenvalue weighted by atomic mass is 19.4. The van der Waals surface area contributed by atoms with E-state index in [-0.39, 0.29) is 5.65 Å². The molecule has 0 bridgehead atoms. The summed E-state index contributed by atoms with van der Waals surface area (Å²) >= 11 is 0. The van der Waals surface area contributed by atoms with Gasteiger partial charge in [-0.1, -0.05) is 0 Å². The van der Waals surface area contributed by atoms with Crippen molar-refractivity contribution in [2.24, 2.45) is 0 Å². The van der Waals surface area contributed by atoms with Gasteiger partial charge in [0.25, 0.3) is 5.82 Å². The van der Waals surface area contributed by atoms with Crippen molar-refractivity contribution in [2.45, 2.75) is 33.0 Å². The van der Waals surface area contributed by atoms with E-state index in [2.05, 4.69) is 25.3 Å². The molecule has 0 saturated heterocycles. The summed E-state index contributed by atoms with van der Waals surface area (Å²) in [6.45, 7) is 4.50. The second kappa shape index (κ2) is 7.21. The Morgan fingerprint density at radius 3 is 2.47 bits per heavy atom. The minimum atomic E-state index is -4.66. The molecule has 0 saturated carbocycles. The first kappa shape index (κ1) is 20.3. The van der Waals surface area contributed by atoms with Gasteiger partial charge in [0.15, 0.2) is 11.5 Å². The molecule has 7 nitrogen and oxygen atoms in total. The molecule has 0 N–H and O–H groups in total. The van der Waals surface area contributed by atoms with E-state index in [9.17, 15) is 17.6 Å². The van der Waals surface area contributed by atoms with Crippen LogP contribution in [0.4, 0.5) is 23.4 Å². The highest BCUT2D eigenvalue weighted by Gasteiger charge is 2.38. The van der Waals surface area contributed by atoms with Crippen LogP contribution in [0.2, 0.25) is 0 Å². The van der Waals surface area contributed by atoms with Crippen molar-refractivity contribution in [2.75, 3.05) is 11.4 Å². The Kier molecular flexibility index (Phi) is 4.57. The van der Waals surface area contributed by atoms with Gasteiger partial charge in [-0.3, -0.25) is 4.98 Å². The molecule has 32 heavy (non-hydrogen) atoms. The van der Waals surface area contributed by atoms with Gasteiger partial charge in [0, 0.05) is 59.9 Å². The molecule has 0 aromatic carbocycles. The van der Waals surface area contributed by atoms with Crippen molar-refractivity contribution in [3.05, 3.63) is 64.7 Å². The lowest BCUT2D eigenvalue weighted by molar-refractivity contribution is -0.146. The van der Waals surface area contributed by atoms with Crippen molar-refractivity contribution in [3.63, 3.8) is 0 Å². The number of rotatable bonds is 2. The molecular weight excluding hydrogens is 426 g/mol. The number of nitrogens with zero attached hydrogens (tertiary/aromatic N) is 7. The first-order valence-corrected chi connectivity index (χ1v) is 9.87. The summed E-state index contributed by atoms with van der Waals surface area (Å²) in [5.41, 5.74) is 4.77. The van der Waals surface area contributed by atoms with Gasteiger partial charge in [-0.15, -0.1) is 15.3 Å². The zero-order chi connectivity index (χ0) is 22.6. The Morgan fingerprint density at radius 2 is 1.75 bits per heavy atom. The highest BCUT2D eigenvalue weighted by Crippen LogP contribution is 2.32. The molecule has 1 aliphatic heterocycles. The molecule has 11 heteroatoms. The maximum atomic E-state index is 13.4. The first-order valence-electron chi connectivity index (χ1n) is 9.87. The SMILES string of the molecule is Cc1c(N2CCc3ncc(-c4ccc(F)nc4)cc3C2)nn2c(C(F)(F)F)nnc2c1C. The summed E-state index contributed by atoms with van der Waals surface area (Å²) in [6.07, 6.45) is -0.894. The van der Waals surface area contributed by atoms with Crippen LogP contribution in [0.5, 0.6) is 0 Å². The van der Waals surface area contributed by atoms with Gasteiger partial charge in [0.1, 0.15) is 0 Å².